The Balaban J connectivity index is 0.000000399. The molecule has 0 unspecified atom stereocenters. The van der Waals surface area contributed by atoms with Crippen molar-refractivity contribution in [1.82, 2.24) is 0 Å². The molecule has 1 heterocycles. The average molecular weight is 256 g/mol. The Morgan fingerprint density at radius 1 is 1.47 bits per heavy atom. The van der Waals surface area contributed by atoms with Crippen LogP contribution in [-0.4, -0.2) is 6.61 Å². The molecule has 1 nitrogen and oxygen atoms in total. The normalized spacial score (nSPS) is 11.9. The van der Waals surface area contributed by atoms with Gasteiger partial charge in [0.05, 0.1) is 6.61 Å². The Morgan fingerprint density at radius 2 is 2.16 bits per heavy atom. The van der Waals surface area contributed by atoms with Crippen LogP contribution in [0, 0.1) is 18.3 Å². The van der Waals surface area contributed by atoms with Crippen LogP contribution in [0.15, 0.2) is 30.4 Å². The van der Waals surface area contributed by atoms with Gasteiger partial charge in [-0.3, -0.25) is 0 Å². The Morgan fingerprint density at radius 3 is 2.74 bits per heavy atom. The van der Waals surface area contributed by atoms with Crippen molar-refractivity contribution < 1.29 is 4.74 Å². The lowest BCUT2D eigenvalue weighted by molar-refractivity contribution is 0.356. The van der Waals surface area contributed by atoms with Crippen LogP contribution in [0.25, 0.3) is 0 Å². The maximum absolute atomic E-state index is 5.55. The number of ether oxygens (including phenoxy) is 1. The molecule has 0 saturated carbocycles. The summed E-state index contributed by atoms with van der Waals surface area (Å²) in [6.07, 6.45) is 7.65. The van der Waals surface area contributed by atoms with Gasteiger partial charge in [0.25, 0.3) is 0 Å². The van der Waals surface area contributed by atoms with E-state index < -0.39 is 0 Å². The fourth-order valence-corrected chi connectivity index (χ4v) is 1.79. The van der Waals surface area contributed by atoms with E-state index in [0.29, 0.717) is 5.92 Å². The molecule has 0 atom stereocenters. The van der Waals surface area contributed by atoms with Crippen molar-refractivity contribution in [1.29, 1.82) is 0 Å². The van der Waals surface area contributed by atoms with Gasteiger partial charge < -0.3 is 4.74 Å². The Hall–Kier alpha value is -1.68. The van der Waals surface area contributed by atoms with Crippen LogP contribution in [0.2, 0.25) is 0 Å². The summed E-state index contributed by atoms with van der Waals surface area (Å²) in [6, 6.07) is 6.54. The van der Waals surface area contributed by atoms with Gasteiger partial charge >= 0.3 is 0 Å². The average Bonchev–Trinajstić information content (AvgIpc) is 2.86. The first-order valence-corrected chi connectivity index (χ1v) is 6.94. The first-order chi connectivity index (χ1) is 9.08. The van der Waals surface area contributed by atoms with Crippen LogP contribution >= 0.6 is 0 Å². The Kier molecular flexibility index (Phi) is 6.22. The van der Waals surface area contributed by atoms with Crippen LogP contribution in [-0.2, 0) is 12.8 Å². The van der Waals surface area contributed by atoms with Gasteiger partial charge in [0, 0.05) is 12.8 Å². The van der Waals surface area contributed by atoms with Crippen LogP contribution in [0.3, 0.4) is 0 Å². The second-order valence-electron chi connectivity index (χ2n) is 5.09. The quantitative estimate of drug-likeness (QED) is 0.575. The highest BCUT2D eigenvalue weighted by Gasteiger charge is 2.12. The fraction of sp³-hybridized carbons (Fsp3) is 0.444. The number of terminal acetylenes is 1. The number of rotatable bonds is 3. The maximum Gasteiger partial charge on any atom is 0.122 e. The third-order valence-corrected chi connectivity index (χ3v) is 3.21. The minimum atomic E-state index is 0.555. The van der Waals surface area contributed by atoms with E-state index in [2.05, 4.69) is 44.5 Å². The second kappa shape index (κ2) is 7.69. The van der Waals surface area contributed by atoms with Crippen molar-refractivity contribution in [2.24, 2.45) is 5.92 Å². The minimum absolute atomic E-state index is 0.555. The highest BCUT2D eigenvalue weighted by atomic mass is 16.5. The number of allylic oxidation sites excluding steroid dienone is 1. The van der Waals surface area contributed by atoms with E-state index in [1.165, 1.54) is 16.7 Å². The predicted octanol–water partition coefficient (Wildman–Crippen LogP) is 4.41. The lowest BCUT2D eigenvalue weighted by Gasteiger charge is -2.10. The molecule has 0 spiro atoms. The third kappa shape index (κ3) is 4.83. The number of benzene rings is 1. The summed E-state index contributed by atoms with van der Waals surface area (Å²) in [4.78, 5) is 0. The zero-order valence-electron chi connectivity index (χ0n) is 12.3. The molecule has 1 aliphatic heterocycles. The molecular weight excluding hydrogens is 232 g/mol. The number of fused-ring (bicyclic) bond motifs is 1. The van der Waals surface area contributed by atoms with Crippen molar-refractivity contribution in [2.45, 2.75) is 40.0 Å². The first kappa shape index (κ1) is 15.4. The smallest absolute Gasteiger partial charge is 0.122 e. The topological polar surface area (TPSA) is 9.23 Å². The molecule has 0 aliphatic carbocycles. The summed E-state index contributed by atoms with van der Waals surface area (Å²) in [5, 5.41) is 0. The number of hydrogen-bond acceptors (Lipinski definition) is 1. The van der Waals surface area contributed by atoms with Gasteiger partial charge in [-0.2, -0.15) is 0 Å². The van der Waals surface area contributed by atoms with Crippen LogP contribution < -0.4 is 4.74 Å². The zero-order chi connectivity index (χ0) is 14.3. The summed E-state index contributed by atoms with van der Waals surface area (Å²) in [5.74, 6) is 4.06. The highest BCUT2D eigenvalue weighted by molar-refractivity contribution is 5.41. The van der Waals surface area contributed by atoms with E-state index in [1.807, 2.05) is 6.92 Å². The van der Waals surface area contributed by atoms with Gasteiger partial charge in [0.2, 0.25) is 0 Å². The van der Waals surface area contributed by atoms with Crippen molar-refractivity contribution in [3.63, 3.8) is 0 Å². The minimum Gasteiger partial charge on any atom is -0.493 e. The molecule has 0 aromatic heterocycles. The molecule has 0 fully saturated rings. The van der Waals surface area contributed by atoms with E-state index in [-0.39, 0.29) is 0 Å². The molecule has 0 bridgehead atoms. The van der Waals surface area contributed by atoms with Crippen molar-refractivity contribution in [2.75, 3.05) is 6.61 Å². The van der Waals surface area contributed by atoms with Crippen LogP contribution in [0.4, 0.5) is 0 Å². The summed E-state index contributed by atoms with van der Waals surface area (Å²) in [6.45, 7) is 11.3. The molecule has 1 aromatic carbocycles. The molecular formula is C18H24O. The first-order valence-electron chi connectivity index (χ1n) is 6.94. The number of hydrogen-bond donors (Lipinski definition) is 0. The Labute approximate surface area is 117 Å². The largest absolute Gasteiger partial charge is 0.493 e. The molecule has 1 aromatic rings. The summed E-state index contributed by atoms with van der Waals surface area (Å²) >= 11 is 0. The predicted molar refractivity (Wildman–Crippen MR) is 82.4 cm³/mol. The molecule has 0 N–H and O–H groups in total. The van der Waals surface area contributed by atoms with Gasteiger partial charge in [-0.25, -0.2) is 0 Å². The lowest BCUT2D eigenvalue weighted by atomic mass is 9.96. The fourth-order valence-electron chi connectivity index (χ4n) is 1.79. The molecule has 1 heteroatoms. The molecule has 0 radical (unpaired) electrons. The SMILES string of the molecule is C#CCC.C=C(Cc1ccc2c(c1)OCC2)C(C)C. The van der Waals surface area contributed by atoms with Crippen LogP contribution in [0.5, 0.6) is 5.75 Å². The van der Waals surface area contributed by atoms with E-state index in [0.717, 1.165) is 31.6 Å². The maximum atomic E-state index is 5.55. The molecule has 102 valence electrons. The zero-order valence-corrected chi connectivity index (χ0v) is 12.3. The van der Waals surface area contributed by atoms with Crippen molar-refractivity contribution >= 4 is 0 Å². The van der Waals surface area contributed by atoms with E-state index in [9.17, 15) is 0 Å². The third-order valence-electron chi connectivity index (χ3n) is 3.21. The summed E-state index contributed by atoms with van der Waals surface area (Å²) in [7, 11) is 0. The van der Waals surface area contributed by atoms with E-state index in [1.54, 1.807) is 0 Å². The summed E-state index contributed by atoms with van der Waals surface area (Å²) < 4.78 is 5.55. The molecule has 19 heavy (non-hydrogen) atoms. The van der Waals surface area contributed by atoms with Crippen molar-refractivity contribution in [3.05, 3.63) is 41.5 Å². The summed E-state index contributed by atoms with van der Waals surface area (Å²) in [5.41, 5.74) is 3.94. The van der Waals surface area contributed by atoms with Crippen LogP contribution in [0.1, 0.15) is 38.3 Å². The Bertz CT molecular complexity index is 463. The standard InChI is InChI=1S/C14H18O.C4H6/c1-10(2)11(3)8-12-4-5-13-6-7-15-14(13)9-12;1-3-4-2/h4-5,9-10H,3,6-8H2,1-2H3;1H,4H2,2H3. The van der Waals surface area contributed by atoms with E-state index in [4.69, 9.17) is 11.2 Å². The van der Waals surface area contributed by atoms with Gasteiger partial charge in [0.1, 0.15) is 5.75 Å². The van der Waals surface area contributed by atoms with Gasteiger partial charge in [-0.15, -0.1) is 12.3 Å². The molecule has 1 aliphatic rings. The van der Waals surface area contributed by atoms with Crippen molar-refractivity contribution in [3.8, 4) is 18.1 Å². The van der Waals surface area contributed by atoms with Gasteiger partial charge in [0.15, 0.2) is 0 Å². The van der Waals surface area contributed by atoms with Gasteiger partial charge in [-0.05, 0) is 29.5 Å². The lowest BCUT2D eigenvalue weighted by Crippen LogP contribution is -1.97. The second-order valence-corrected chi connectivity index (χ2v) is 5.09. The van der Waals surface area contributed by atoms with Gasteiger partial charge in [-0.1, -0.05) is 45.1 Å². The molecule has 2 rings (SSSR count). The molecule has 0 amide bonds. The highest BCUT2D eigenvalue weighted by Crippen LogP contribution is 2.27. The molecule has 0 saturated heterocycles. The van der Waals surface area contributed by atoms with E-state index >= 15 is 0 Å². The monoisotopic (exact) mass is 256 g/mol.